The minimum absolute atomic E-state index is 0.0446. The van der Waals surface area contributed by atoms with Gasteiger partial charge in [0.1, 0.15) is 0 Å². The van der Waals surface area contributed by atoms with E-state index < -0.39 is 12.0 Å². The standard InChI is InChI=1S/C32H29IN2O5S/c1-5-40-31(38)26-27(21-9-7-6-8-10-21)34-32-35(28(26)22-13-11-20(12-14-22)18(2)3)30(37)25(41-32)17-19-15-23(33)29(36)24(16-19)39-4/h6-18,28,36H,5H2,1-4H3/b25-17-/t28-/m0/s1. The van der Waals surface area contributed by atoms with Crippen molar-refractivity contribution in [3.05, 3.63) is 118 Å². The zero-order valence-electron chi connectivity index (χ0n) is 23.1. The van der Waals surface area contributed by atoms with Gasteiger partial charge in [-0.1, -0.05) is 79.8 Å². The largest absolute Gasteiger partial charge is 0.504 e. The van der Waals surface area contributed by atoms with Crippen LogP contribution in [0.25, 0.3) is 11.8 Å². The quantitative estimate of drug-likeness (QED) is 0.209. The van der Waals surface area contributed by atoms with Crippen molar-refractivity contribution in [3.63, 3.8) is 0 Å². The Bertz CT molecular complexity index is 1820. The minimum atomic E-state index is -0.738. The number of halogens is 1. The Morgan fingerprint density at radius 2 is 1.85 bits per heavy atom. The summed E-state index contributed by atoms with van der Waals surface area (Å²) in [7, 11) is 1.48. The molecule has 0 saturated heterocycles. The molecular formula is C32H29IN2O5S. The third-order valence-corrected chi connectivity index (χ3v) is 8.67. The molecule has 1 N–H and O–H groups in total. The first-order chi connectivity index (χ1) is 19.7. The van der Waals surface area contributed by atoms with E-state index in [0.717, 1.165) is 16.7 Å². The van der Waals surface area contributed by atoms with Crippen molar-refractivity contribution in [2.75, 3.05) is 13.7 Å². The van der Waals surface area contributed by atoms with Gasteiger partial charge in [-0.15, -0.1) is 0 Å². The van der Waals surface area contributed by atoms with Crippen LogP contribution >= 0.6 is 33.9 Å². The van der Waals surface area contributed by atoms with E-state index in [4.69, 9.17) is 14.5 Å². The van der Waals surface area contributed by atoms with E-state index in [0.29, 0.717) is 41.4 Å². The predicted molar refractivity (Wildman–Crippen MR) is 169 cm³/mol. The number of fused-ring (bicyclic) bond motifs is 1. The number of ether oxygens (including phenoxy) is 2. The fourth-order valence-corrected chi connectivity index (χ4v) is 6.43. The zero-order chi connectivity index (χ0) is 29.3. The minimum Gasteiger partial charge on any atom is -0.504 e. The monoisotopic (exact) mass is 680 g/mol. The third kappa shape index (κ3) is 5.60. The first kappa shape index (κ1) is 28.8. The molecule has 0 saturated carbocycles. The van der Waals surface area contributed by atoms with Gasteiger partial charge in [-0.2, -0.15) is 0 Å². The number of benzene rings is 3. The molecule has 1 aromatic heterocycles. The van der Waals surface area contributed by atoms with Crippen molar-refractivity contribution in [2.45, 2.75) is 32.7 Å². The van der Waals surface area contributed by atoms with E-state index in [1.54, 1.807) is 29.7 Å². The molecule has 0 unspecified atom stereocenters. The lowest BCUT2D eigenvalue weighted by molar-refractivity contribution is -0.138. The molecule has 5 rings (SSSR count). The Morgan fingerprint density at radius 1 is 1.15 bits per heavy atom. The van der Waals surface area contributed by atoms with E-state index in [2.05, 4.69) is 13.8 Å². The summed E-state index contributed by atoms with van der Waals surface area (Å²) in [6.45, 7) is 6.19. The number of aromatic nitrogens is 1. The number of phenolic OH excluding ortho intramolecular Hbond substituents is 1. The Labute approximate surface area is 255 Å². The summed E-state index contributed by atoms with van der Waals surface area (Å²) in [5.41, 5.74) is 3.92. The molecule has 0 aliphatic carbocycles. The molecule has 0 bridgehead atoms. The summed E-state index contributed by atoms with van der Waals surface area (Å²) in [5, 5.41) is 10.3. The number of methoxy groups -OCH3 is 1. The van der Waals surface area contributed by atoms with E-state index in [1.165, 1.54) is 18.4 Å². The maximum absolute atomic E-state index is 14.1. The van der Waals surface area contributed by atoms with Crippen LogP contribution in [0.15, 0.2) is 82.1 Å². The Morgan fingerprint density at radius 3 is 2.49 bits per heavy atom. The van der Waals surface area contributed by atoms with Gasteiger partial charge >= 0.3 is 5.97 Å². The van der Waals surface area contributed by atoms with Crippen molar-refractivity contribution in [3.8, 4) is 11.5 Å². The fraction of sp³-hybridized carbons (Fsp3) is 0.219. The number of carbonyl (C=O) groups is 1. The van der Waals surface area contributed by atoms with Gasteiger partial charge in [-0.3, -0.25) is 9.36 Å². The Balaban J connectivity index is 1.81. The van der Waals surface area contributed by atoms with Gasteiger partial charge in [0.05, 0.1) is 39.1 Å². The first-order valence-corrected chi connectivity index (χ1v) is 15.1. The van der Waals surface area contributed by atoms with Crippen LogP contribution in [0.1, 0.15) is 55.0 Å². The molecule has 0 fully saturated rings. The average molecular weight is 681 g/mol. The van der Waals surface area contributed by atoms with Gasteiger partial charge in [0.25, 0.3) is 5.56 Å². The second-order valence-corrected chi connectivity index (χ2v) is 12.0. The molecular weight excluding hydrogens is 651 g/mol. The van der Waals surface area contributed by atoms with Crippen molar-refractivity contribution in [1.29, 1.82) is 0 Å². The number of aromatic hydroxyl groups is 1. The molecule has 1 aliphatic heterocycles. The highest BCUT2D eigenvalue weighted by Crippen LogP contribution is 2.36. The van der Waals surface area contributed by atoms with E-state index in [9.17, 15) is 14.7 Å². The van der Waals surface area contributed by atoms with Crippen molar-refractivity contribution in [2.24, 2.45) is 4.99 Å². The van der Waals surface area contributed by atoms with Crippen molar-refractivity contribution < 1.29 is 19.4 Å². The van der Waals surface area contributed by atoms with Gasteiger partial charge in [-0.05, 0) is 70.3 Å². The fourth-order valence-electron chi connectivity index (χ4n) is 4.80. The van der Waals surface area contributed by atoms with Gasteiger partial charge in [0.15, 0.2) is 16.3 Å². The second-order valence-electron chi connectivity index (χ2n) is 9.81. The molecule has 0 radical (unpaired) electrons. The normalized spacial score (nSPS) is 15.1. The maximum atomic E-state index is 14.1. The van der Waals surface area contributed by atoms with Crippen LogP contribution in [-0.4, -0.2) is 29.4 Å². The smallest absolute Gasteiger partial charge is 0.338 e. The lowest BCUT2D eigenvalue weighted by Crippen LogP contribution is -2.40. The number of hydrogen-bond acceptors (Lipinski definition) is 7. The molecule has 41 heavy (non-hydrogen) atoms. The predicted octanol–water partition coefficient (Wildman–Crippen LogP) is 5.38. The van der Waals surface area contributed by atoms with Crippen LogP contribution in [0.3, 0.4) is 0 Å². The van der Waals surface area contributed by atoms with Crippen LogP contribution in [0.2, 0.25) is 0 Å². The number of esters is 1. The molecule has 1 aliphatic rings. The number of phenols is 1. The van der Waals surface area contributed by atoms with Gasteiger partial charge in [0.2, 0.25) is 0 Å². The highest BCUT2D eigenvalue weighted by molar-refractivity contribution is 14.1. The number of nitrogens with zero attached hydrogens (tertiary/aromatic N) is 2. The Hall–Kier alpha value is -3.70. The molecule has 210 valence electrons. The highest BCUT2D eigenvalue weighted by Gasteiger charge is 2.35. The molecule has 0 spiro atoms. The number of carbonyl (C=O) groups excluding carboxylic acids is 1. The zero-order valence-corrected chi connectivity index (χ0v) is 26.0. The summed E-state index contributed by atoms with van der Waals surface area (Å²) in [4.78, 5) is 33.0. The molecule has 7 nitrogen and oxygen atoms in total. The summed E-state index contributed by atoms with van der Waals surface area (Å²) >= 11 is 3.27. The van der Waals surface area contributed by atoms with Gasteiger partial charge in [0, 0.05) is 5.56 Å². The third-order valence-electron chi connectivity index (χ3n) is 6.86. The first-order valence-electron chi connectivity index (χ1n) is 13.2. The van der Waals surface area contributed by atoms with Crippen LogP contribution in [0.4, 0.5) is 0 Å². The Kier molecular flexibility index (Phi) is 8.46. The van der Waals surface area contributed by atoms with Gasteiger partial charge < -0.3 is 14.6 Å². The SMILES string of the molecule is CCOC(=O)C1=C(c2ccccc2)N=c2s/c(=C\c3cc(I)c(O)c(OC)c3)c(=O)n2[C@H]1c1ccc(C(C)C)cc1. The van der Waals surface area contributed by atoms with Crippen molar-refractivity contribution in [1.82, 2.24) is 4.57 Å². The van der Waals surface area contributed by atoms with Crippen LogP contribution in [0.5, 0.6) is 11.5 Å². The number of hydrogen-bond donors (Lipinski definition) is 1. The van der Waals surface area contributed by atoms with Gasteiger partial charge in [-0.25, -0.2) is 9.79 Å². The van der Waals surface area contributed by atoms with E-state index >= 15 is 0 Å². The number of rotatable bonds is 7. The summed E-state index contributed by atoms with van der Waals surface area (Å²) < 4.78 is 13.5. The highest BCUT2D eigenvalue weighted by atomic mass is 127. The molecule has 0 amide bonds. The second kappa shape index (κ2) is 12.0. The molecule has 2 heterocycles. The van der Waals surface area contributed by atoms with Crippen LogP contribution < -0.4 is 19.6 Å². The number of thiazole rings is 1. The summed E-state index contributed by atoms with van der Waals surface area (Å²) in [6, 6.07) is 20.2. The molecule has 9 heteroatoms. The molecule has 1 atom stereocenters. The summed E-state index contributed by atoms with van der Waals surface area (Å²) in [6.07, 6.45) is 1.75. The maximum Gasteiger partial charge on any atom is 0.338 e. The van der Waals surface area contributed by atoms with Crippen LogP contribution in [-0.2, 0) is 9.53 Å². The lowest BCUT2D eigenvalue weighted by Gasteiger charge is -2.26. The summed E-state index contributed by atoms with van der Waals surface area (Å²) in [5.74, 6) is 0.175. The van der Waals surface area contributed by atoms with E-state index in [-0.39, 0.29) is 17.9 Å². The van der Waals surface area contributed by atoms with Crippen molar-refractivity contribution >= 4 is 51.7 Å². The topological polar surface area (TPSA) is 90.1 Å². The lowest BCUT2D eigenvalue weighted by atomic mass is 9.91. The van der Waals surface area contributed by atoms with E-state index in [1.807, 2.05) is 77.2 Å². The van der Waals surface area contributed by atoms with Crippen LogP contribution in [0, 0.1) is 3.57 Å². The average Bonchev–Trinajstić information content (AvgIpc) is 3.28. The molecule has 3 aromatic carbocycles. The molecule has 4 aromatic rings.